The quantitative estimate of drug-likeness (QED) is 0.0374. The molecule has 28 heteroatoms. The molecule has 4 atom stereocenters. The Labute approximate surface area is 604 Å². The number of fused-ring (bicyclic) bond motifs is 4. The summed E-state index contributed by atoms with van der Waals surface area (Å²) in [4.78, 5) is 117. The SMILES string of the molecule is CC(C)CN(CCC#N)C(=O)c1cc(-c2ncnc3[nH]ccc23)c[nH]1.CCC1CC[C@@H](CC)N1C(=O)c1cc(-c2ncnc3[nH]ccc23)c[nH]1.CC[C@@H]1CC[C@@H](CC)N1C(=O)c1cc(-c2ncnc3[nH]ccc23)c[nH]1.O=C(c1cc(-c2ncnc3[nH]ccc23)c[nH]1)N(CC1CCCC1)CC(F)(F)F.[HH].[HH].[HH].[HH].[HH].[HH].[HH].[HH]. The monoisotopic (exact) mass is 1420 g/mol. The number of carbonyl (C=O) groups excluding carboxylic acids is 4. The zero-order valence-corrected chi connectivity index (χ0v) is 58.6. The number of hydrogen-bond acceptors (Lipinski definition) is 13. The van der Waals surface area contributed by atoms with E-state index in [-0.39, 0.29) is 47.3 Å². The van der Waals surface area contributed by atoms with Gasteiger partial charge in [-0.15, -0.1) is 0 Å². The molecule has 8 N–H and O–H groups in total. The van der Waals surface area contributed by atoms with Crippen molar-refractivity contribution in [1.82, 2.24) is 99.3 Å². The number of nitriles is 1. The van der Waals surface area contributed by atoms with Gasteiger partial charge >= 0.3 is 6.18 Å². The molecular formula is C75H102F3N21O4. The van der Waals surface area contributed by atoms with Crippen LogP contribution in [0.3, 0.4) is 0 Å². The number of nitrogens with one attached hydrogen (secondary N) is 8. The minimum atomic E-state index is -4.44. The van der Waals surface area contributed by atoms with E-state index in [2.05, 4.69) is 137 Å². The number of alkyl halides is 3. The summed E-state index contributed by atoms with van der Waals surface area (Å²) in [6.45, 7) is 12.7. The van der Waals surface area contributed by atoms with Crippen LogP contribution in [0.2, 0.25) is 0 Å². The van der Waals surface area contributed by atoms with Crippen molar-refractivity contribution in [3.63, 3.8) is 0 Å². The Kier molecular flexibility index (Phi) is 22.4. The number of hydrogen-bond donors (Lipinski definition) is 8. The predicted octanol–water partition coefficient (Wildman–Crippen LogP) is 16.6. The van der Waals surface area contributed by atoms with E-state index in [4.69, 9.17) is 5.26 Å². The molecule has 1 saturated carbocycles. The van der Waals surface area contributed by atoms with Crippen LogP contribution >= 0.6 is 0 Å². The molecule has 552 valence electrons. The summed E-state index contributed by atoms with van der Waals surface area (Å²) in [5.74, 6) is -0.0893. The fourth-order valence-corrected chi connectivity index (χ4v) is 14.7. The molecule has 0 spiro atoms. The molecule has 4 amide bonds. The predicted molar refractivity (Wildman–Crippen MR) is 404 cm³/mol. The Balaban J connectivity index is 0.000000305. The van der Waals surface area contributed by atoms with Gasteiger partial charge in [0.1, 0.15) is 77.2 Å². The molecular weight excluding hydrogens is 1320 g/mol. The molecule has 15 rings (SSSR count). The number of rotatable bonds is 19. The van der Waals surface area contributed by atoms with Crippen molar-refractivity contribution in [2.24, 2.45) is 11.8 Å². The molecule has 1 aliphatic carbocycles. The Morgan fingerprint density at radius 1 is 0.505 bits per heavy atom. The first-order chi connectivity index (χ1) is 49.9. The summed E-state index contributed by atoms with van der Waals surface area (Å²) in [7, 11) is 0. The van der Waals surface area contributed by atoms with Crippen LogP contribution in [-0.4, -0.2) is 179 Å². The number of aromatic amines is 8. The molecule has 2 saturated heterocycles. The number of H-pyrrole nitrogens is 8. The Morgan fingerprint density at radius 3 is 1.16 bits per heavy atom. The first kappa shape index (κ1) is 71.6. The largest absolute Gasteiger partial charge is 0.406 e. The molecule has 12 aromatic rings. The molecule has 103 heavy (non-hydrogen) atoms. The highest BCUT2D eigenvalue weighted by atomic mass is 19.4. The van der Waals surface area contributed by atoms with Crippen LogP contribution < -0.4 is 0 Å². The second-order valence-electron chi connectivity index (χ2n) is 26.9. The normalized spacial score (nSPS) is 16.8. The van der Waals surface area contributed by atoms with Crippen molar-refractivity contribution >= 4 is 67.8 Å². The van der Waals surface area contributed by atoms with Crippen molar-refractivity contribution in [3.05, 3.63) is 146 Å². The molecule has 1 unspecified atom stereocenters. The van der Waals surface area contributed by atoms with Gasteiger partial charge in [0.05, 0.1) is 35.3 Å². The van der Waals surface area contributed by atoms with E-state index in [0.29, 0.717) is 83.6 Å². The van der Waals surface area contributed by atoms with E-state index in [9.17, 15) is 32.3 Å². The number of likely N-dealkylation sites (tertiary alicyclic amines) is 2. The second-order valence-corrected chi connectivity index (χ2v) is 26.9. The number of nitrogens with zero attached hydrogens (tertiary/aromatic N) is 13. The first-order valence-electron chi connectivity index (χ1n) is 35.5. The number of aromatic nitrogens is 16. The molecule has 12 aromatic heterocycles. The fraction of sp³-hybridized carbons (Fsp3) is 0.400. The van der Waals surface area contributed by atoms with Crippen LogP contribution in [0.15, 0.2) is 123 Å². The summed E-state index contributed by atoms with van der Waals surface area (Å²) < 4.78 is 39.1. The van der Waals surface area contributed by atoms with Crippen LogP contribution in [0.4, 0.5) is 13.2 Å². The highest BCUT2D eigenvalue weighted by Crippen LogP contribution is 2.36. The topological polar surface area (TPSA) is 334 Å². The molecule has 0 bridgehead atoms. The standard InChI is InChI=1S/C19H20F3N5O.2C19H23N5O.C18H20N6O.8H2/c20-19(21,22)10-27(9-12-3-1-2-4-12)18(28)15-7-13(8-24-15)16-14-5-6-23-17(14)26-11-25-16;2*1-3-13-5-6-14(4-2)24(13)19(25)16-9-12(10-21-16)17-15-7-8-20-18(15)23-11-22-17;1-12(2)10-24(7-3-5-19)18(25)15-8-13(9-21-15)16-14-4-6-20-17(14)23-11-22-16;;;;;;;;/h5-8,11-12,24H,1-4,9-10H2,(H,23,25,26);2*7-11,13-14,21H,3-6H2,1-2H3,(H,20,22,23);4,6,8-9,11-12,21H,3,7,10H2,1-2H3,(H,20,22,23);8*1H/t;13-,14?;13-,14-;;;;;;;;;/m.11........./s1. The minimum Gasteiger partial charge on any atom is -0.357 e. The van der Waals surface area contributed by atoms with Gasteiger partial charge in [0.2, 0.25) is 0 Å². The van der Waals surface area contributed by atoms with Gasteiger partial charge in [-0.1, -0.05) is 54.4 Å². The van der Waals surface area contributed by atoms with E-state index in [1.54, 1.807) is 48.3 Å². The smallest absolute Gasteiger partial charge is 0.357 e. The summed E-state index contributed by atoms with van der Waals surface area (Å²) in [6, 6.07) is 18.3. The Bertz CT molecular complexity index is 4770. The van der Waals surface area contributed by atoms with Crippen molar-refractivity contribution in [3.8, 4) is 51.1 Å². The molecule has 25 nitrogen and oxygen atoms in total. The molecule has 14 heterocycles. The van der Waals surface area contributed by atoms with Gasteiger partial charge in [0.25, 0.3) is 23.6 Å². The summed E-state index contributed by atoms with van der Waals surface area (Å²) >= 11 is 0. The maximum absolute atomic E-state index is 13.1. The van der Waals surface area contributed by atoms with E-state index in [1.165, 1.54) is 12.7 Å². The minimum absolute atomic E-state index is 0. The third-order valence-electron chi connectivity index (χ3n) is 19.7. The van der Waals surface area contributed by atoms with Crippen molar-refractivity contribution in [2.45, 2.75) is 155 Å². The third-order valence-corrected chi connectivity index (χ3v) is 19.7. The fourth-order valence-electron chi connectivity index (χ4n) is 14.7. The Hall–Kier alpha value is -11.2. The highest BCUT2D eigenvalue weighted by Gasteiger charge is 2.39. The van der Waals surface area contributed by atoms with E-state index in [0.717, 1.165) is 154 Å². The van der Waals surface area contributed by atoms with Crippen molar-refractivity contribution in [1.29, 1.82) is 5.26 Å². The summed E-state index contributed by atoms with van der Waals surface area (Å²) in [6.07, 6.45) is 28.4. The zero-order valence-electron chi connectivity index (χ0n) is 58.6. The maximum Gasteiger partial charge on any atom is 0.406 e. The van der Waals surface area contributed by atoms with E-state index in [1.807, 2.05) is 67.4 Å². The van der Waals surface area contributed by atoms with Crippen molar-refractivity contribution < 1.29 is 43.8 Å². The van der Waals surface area contributed by atoms with Crippen molar-refractivity contribution in [2.75, 3.05) is 26.2 Å². The summed E-state index contributed by atoms with van der Waals surface area (Å²) in [5.41, 5.74) is 11.2. The average Bonchev–Trinajstić information content (AvgIpc) is 1.63. The van der Waals surface area contributed by atoms with Gasteiger partial charge in [-0.05, 0) is 125 Å². The third kappa shape index (κ3) is 16.1. The van der Waals surface area contributed by atoms with E-state index >= 15 is 0 Å². The lowest BCUT2D eigenvalue weighted by Gasteiger charge is -2.29. The van der Waals surface area contributed by atoms with Gasteiger partial charge in [-0.3, -0.25) is 19.2 Å². The zero-order chi connectivity index (χ0) is 72.3. The molecule has 3 fully saturated rings. The molecule has 2 aliphatic heterocycles. The second kappa shape index (κ2) is 32.2. The first-order valence-corrected chi connectivity index (χ1v) is 35.5. The lowest BCUT2D eigenvalue weighted by molar-refractivity contribution is -0.141. The van der Waals surface area contributed by atoms with Crippen LogP contribution in [0.25, 0.3) is 89.2 Å². The molecule has 0 aromatic carbocycles. The van der Waals surface area contributed by atoms with Crippen LogP contribution in [0.1, 0.15) is 178 Å². The van der Waals surface area contributed by atoms with E-state index < -0.39 is 18.6 Å². The van der Waals surface area contributed by atoms with Crippen LogP contribution in [0, 0.1) is 23.2 Å². The number of carbonyl (C=O) groups is 4. The van der Waals surface area contributed by atoms with Gasteiger partial charge in [-0.2, -0.15) is 18.4 Å². The lowest BCUT2D eigenvalue weighted by atomic mass is 10.1. The Morgan fingerprint density at radius 2 is 0.835 bits per heavy atom. The van der Waals surface area contributed by atoms with Gasteiger partial charge < -0.3 is 59.5 Å². The number of halogens is 3. The van der Waals surface area contributed by atoms with Crippen LogP contribution in [-0.2, 0) is 0 Å². The average molecular weight is 1420 g/mol. The maximum atomic E-state index is 13.1. The van der Waals surface area contributed by atoms with Gasteiger partial charge in [-0.25, -0.2) is 39.9 Å². The highest BCUT2D eigenvalue weighted by molar-refractivity contribution is 6.00. The molecule has 0 radical (unpaired) electrons. The van der Waals surface area contributed by atoms with Crippen LogP contribution in [0.5, 0.6) is 0 Å². The number of amides is 4. The summed E-state index contributed by atoms with van der Waals surface area (Å²) in [5, 5.41) is 12.4. The van der Waals surface area contributed by atoms with Gasteiger partial charge in [0.15, 0.2) is 0 Å². The molecule has 3 aliphatic rings. The van der Waals surface area contributed by atoms with Gasteiger partial charge in [0, 0.05) is 149 Å². The lowest BCUT2D eigenvalue weighted by Crippen LogP contribution is -2.41.